The predicted octanol–water partition coefficient (Wildman–Crippen LogP) is 3.04. The zero-order valence-corrected chi connectivity index (χ0v) is 10.5. The van der Waals surface area contributed by atoms with Gasteiger partial charge in [0, 0.05) is 18.2 Å². The second-order valence-corrected chi connectivity index (χ2v) is 5.52. The van der Waals surface area contributed by atoms with Crippen molar-refractivity contribution in [3.8, 4) is 5.75 Å². The van der Waals surface area contributed by atoms with Gasteiger partial charge in [0.25, 0.3) is 0 Å². The Bertz CT molecular complexity index is 394. The first-order valence-electron chi connectivity index (χ1n) is 6.77. The normalized spacial score (nSPS) is 19.4. The number of nitrogens with one attached hydrogen (secondary N) is 1. The largest absolute Gasteiger partial charge is 0.493 e. The van der Waals surface area contributed by atoms with Crippen molar-refractivity contribution in [3.05, 3.63) is 29.3 Å². The minimum atomic E-state index is 0.756. The molecule has 0 bridgehead atoms. The summed E-state index contributed by atoms with van der Waals surface area (Å²) >= 11 is 0. The molecule has 1 N–H and O–H groups in total. The lowest BCUT2D eigenvalue weighted by atomic mass is 10.1. The topological polar surface area (TPSA) is 21.3 Å². The number of hydrogen-bond donors (Lipinski definition) is 1. The fraction of sp³-hybridized carbons (Fsp3) is 0.600. The van der Waals surface area contributed by atoms with Crippen LogP contribution < -0.4 is 10.1 Å². The second-order valence-electron chi connectivity index (χ2n) is 5.52. The Morgan fingerprint density at radius 3 is 2.76 bits per heavy atom. The quantitative estimate of drug-likeness (QED) is 0.812. The summed E-state index contributed by atoms with van der Waals surface area (Å²) in [7, 11) is 0. The molecule has 2 aliphatic carbocycles. The minimum Gasteiger partial charge on any atom is -0.493 e. The van der Waals surface area contributed by atoms with Gasteiger partial charge in [0.2, 0.25) is 0 Å². The van der Waals surface area contributed by atoms with Crippen molar-refractivity contribution in [2.24, 2.45) is 5.92 Å². The van der Waals surface area contributed by atoms with Crippen molar-refractivity contribution in [1.29, 1.82) is 0 Å². The van der Waals surface area contributed by atoms with E-state index in [2.05, 4.69) is 30.4 Å². The highest BCUT2D eigenvalue weighted by atomic mass is 16.5. The first kappa shape index (κ1) is 11.1. The van der Waals surface area contributed by atoms with E-state index in [1.165, 1.54) is 36.8 Å². The highest BCUT2D eigenvalue weighted by Crippen LogP contribution is 2.31. The lowest BCUT2D eigenvalue weighted by Gasteiger charge is -2.12. The van der Waals surface area contributed by atoms with Crippen LogP contribution in [0.15, 0.2) is 18.2 Å². The number of rotatable bonds is 6. The van der Waals surface area contributed by atoms with E-state index in [1.54, 1.807) is 0 Å². The van der Waals surface area contributed by atoms with E-state index >= 15 is 0 Å². The average molecular weight is 231 g/mol. The van der Waals surface area contributed by atoms with E-state index in [0.29, 0.717) is 0 Å². The van der Waals surface area contributed by atoms with Crippen LogP contribution in [0.5, 0.6) is 5.75 Å². The molecule has 1 aromatic carbocycles. The third kappa shape index (κ3) is 3.22. The molecule has 0 amide bonds. The maximum absolute atomic E-state index is 5.93. The van der Waals surface area contributed by atoms with Gasteiger partial charge in [-0.3, -0.25) is 0 Å². The summed E-state index contributed by atoms with van der Waals surface area (Å²) in [5, 5.41) is 3.56. The Hall–Kier alpha value is -1.02. The maximum atomic E-state index is 5.93. The zero-order chi connectivity index (χ0) is 11.7. The summed E-state index contributed by atoms with van der Waals surface area (Å²) in [6.45, 7) is 4.00. The van der Waals surface area contributed by atoms with Crippen LogP contribution in [-0.2, 0) is 6.54 Å². The molecule has 2 heteroatoms. The van der Waals surface area contributed by atoms with Gasteiger partial charge < -0.3 is 10.1 Å². The van der Waals surface area contributed by atoms with Gasteiger partial charge in [-0.25, -0.2) is 0 Å². The van der Waals surface area contributed by atoms with E-state index in [1.807, 2.05) is 0 Å². The Morgan fingerprint density at radius 2 is 2.06 bits per heavy atom. The van der Waals surface area contributed by atoms with Gasteiger partial charge in [0.15, 0.2) is 0 Å². The molecular formula is C15H21NO. The van der Waals surface area contributed by atoms with E-state index in [-0.39, 0.29) is 0 Å². The van der Waals surface area contributed by atoms with Crippen LogP contribution in [0, 0.1) is 12.8 Å². The molecule has 0 aromatic heterocycles. The average Bonchev–Trinajstić information content (AvgIpc) is 3.18. The van der Waals surface area contributed by atoms with Crippen molar-refractivity contribution >= 4 is 0 Å². The molecule has 1 aromatic rings. The fourth-order valence-electron chi connectivity index (χ4n) is 2.02. The molecule has 17 heavy (non-hydrogen) atoms. The summed E-state index contributed by atoms with van der Waals surface area (Å²) < 4.78 is 5.93. The van der Waals surface area contributed by atoms with Gasteiger partial charge in [0.05, 0.1) is 6.61 Å². The van der Waals surface area contributed by atoms with Crippen LogP contribution in [0.25, 0.3) is 0 Å². The van der Waals surface area contributed by atoms with Gasteiger partial charge in [-0.2, -0.15) is 0 Å². The monoisotopic (exact) mass is 231 g/mol. The van der Waals surface area contributed by atoms with E-state index in [4.69, 9.17) is 4.74 Å². The molecule has 2 aliphatic rings. The molecule has 0 unspecified atom stereocenters. The molecular weight excluding hydrogens is 210 g/mol. The third-order valence-electron chi connectivity index (χ3n) is 3.55. The van der Waals surface area contributed by atoms with E-state index in [0.717, 1.165) is 30.9 Å². The molecule has 2 fully saturated rings. The Morgan fingerprint density at radius 1 is 1.24 bits per heavy atom. The predicted molar refractivity (Wildman–Crippen MR) is 69.3 cm³/mol. The molecule has 2 nitrogen and oxygen atoms in total. The minimum absolute atomic E-state index is 0.756. The summed E-state index contributed by atoms with van der Waals surface area (Å²) in [5.41, 5.74) is 2.63. The van der Waals surface area contributed by atoms with Crippen LogP contribution in [0.3, 0.4) is 0 Å². The highest BCUT2D eigenvalue weighted by molar-refractivity contribution is 5.37. The van der Waals surface area contributed by atoms with Crippen molar-refractivity contribution in [2.45, 2.75) is 45.2 Å². The number of benzene rings is 1. The SMILES string of the molecule is Cc1ccc(OCC2CC2)c(CNC2CC2)c1. The maximum Gasteiger partial charge on any atom is 0.123 e. The van der Waals surface area contributed by atoms with Crippen molar-refractivity contribution < 1.29 is 4.74 Å². The number of hydrogen-bond acceptors (Lipinski definition) is 2. The summed E-state index contributed by atoms with van der Waals surface area (Å²) in [4.78, 5) is 0. The summed E-state index contributed by atoms with van der Waals surface area (Å²) in [6, 6.07) is 7.27. The first-order chi connectivity index (χ1) is 8.31. The Balaban J connectivity index is 1.64. The Labute approximate surface area is 103 Å². The molecule has 3 rings (SSSR count). The summed E-state index contributed by atoms with van der Waals surface area (Å²) in [5.74, 6) is 1.90. The molecule has 0 spiro atoms. The lowest BCUT2D eigenvalue weighted by Crippen LogP contribution is -2.16. The van der Waals surface area contributed by atoms with Gasteiger partial charge in [-0.15, -0.1) is 0 Å². The molecule has 0 aliphatic heterocycles. The second kappa shape index (κ2) is 4.69. The molecule has 0 radical (unpaired) electrons. The van der Waals surface area contributed by atoms with E-state index in [9.17, 15) is 0 Å². The van der Waals surface area contributed by atoms with Crippen molar-refractivity contribution in [2.75, 3.05) is 6.61 Å². The lowest BCUT2D eigenvalue weighted by molar-refractivity contribution is 0.296. The molecule has 2 saturated carbocycles. The van der Waals surface area contributed by atoms with Crippen LogP contribution in [0.2, 0.25) is 0 Å². The molecule has 0 atom stereocenters. The van der Waals surface area contributed by atoms with Crippen LogP contribution in [0.4, 0.5) is 0 Å². The number of aryl methyl sites for hydroxylation is 1. The first-order valence-corrected chi connectivity index (χ1v) is 6.77. The van der Waals surface area contributed by atoms with Crippen LogP contribution in [-0.4, -0.2) is 12.6 Å². The molecule has 0 heterocycles. The van der Waals surface area contributed by atoms with Gasteiger partial charge in [0.1, 0.15) is 5.75 Å². The van der Waals surface area contributed by atoms with Crippen molar-refractivity contribution in [3.63, 3.8) is 0 Å². The third-order valence-corrected chi connectivity index (χ3v) is 3.55. The van der Waals surface area contributed by atoms with Gasteiger partial charge in [-0.1, -0.05) is 17.7 Å². The highest BCUT2D eigenvalue weighted by Gasteiger charge is 2.23. The van der Waals surface area contributed by atoms with Crippen molar-refractivity contribution in [1.82, 2.24) is 5.32 Å². The molecule has 0 saturated heterocycles. The zero-order valence-electron chi connectivity index (χ0n) is 10.5. The number of ether oxygens (including phenoxy) is 1. The molecule has 92 valence electrons. The van der Waals surface area contributed by atoms with E-state index < -0.39 is 0 Å². The standard InChI is InChI=1S/C15H21NO/c1-11-2-7-15(17-10-12-3-4-12)13(8-11)9-16-14-5-6-14/h2,7-8,12,14,16H,3-6,9-10H2,1H3. The van der Waals surface area contributed by atoms with Gasteiger partial charge >= 0.3 is 0 Å². The summed E-state index contributed by atoms with van der Waals surface area (Å²) in [6.07, 6.45) is 5.37. The fourth-order valence-corrected chi connectivity index (χ4v) is 2.02. The smallest absolute Gasteiger partial charge is 0.123 e. The Kier molecular flexibility index (Phi) is 3.06. The van der Waals surface area contributed by atoms with Crippen LogP contribution in [0.1, 0.15) is 36.8 Å². The van der Waals surface area contributed by atoms with Gasteiger partial charge in [-0.05, 0) is 44.6 Å². The van der Waals surface area contributed by atoms with Crippen LogP contribution >= 0.6 is 0 Å².